The van der Waals surface area contributed by atoms with Crippen LogP contribution in [0.25, 0.3) is 11.1 Å². The van der Waals surface area contributed by atoms with E-state index in [1.54, 1.807) is 6.07 Å². The van der Waals surface area contributed by atoms with Crippen LogP contribution in [0, 0.1) is 0 Å². The zero-order chi connectivity index (χ0) is 11.4. The number of hydrogen-bond donors (Lipinski definition) is 1. The van der Waals surface area contributed by atoms with E-state index in [1.807, 2.05) is 10.8 Å². The second kappa shape index (κ2) is 3.23. The van der Waals surface area contributed by atoms with E-state index in [0.29, 0.717) is 16.1 Å². The van der Waals surface area contributed by atoms with Crippen LogP contribution in [0.2, 0.25) is 10.0 Å². The number of carbonyl (C=O) groups is 1. The molecule has 0 radical (unpaired) electrons. The van der Waals surface area contributed by atoms with Crippen LogP contribution in [0.4, 0.5) is 5.69 Å². The van der Waals surface area contributed by atoms with Gasteiger partial charge in [-0.2, -0.15) is 11.3 Å². The molecule has 1 aliphatic carbocycles. The summed E-state index contributed by atoms with van der Waals surface area (Å²) in [6.07, 6.45) is 0. The van der Waals surface area contributed by atoms with Gasteiger partial charge in [-0.1, -0.05) is 23.2 Å². The quantitative estimate of drug-likeness (QED) is 0.630. The number of anilines is 1. The highest BCUT2D eigenvalue weighted by Gasteiger charge is 2.31. The van der Waals surface area contributed by atoms with E-state index in [-0.39, 0.29) is 16.5 Å². The summed E-state index contributed by atoms with van der Waals surface area (Å²) < 4.78 is 0. The van der Waals surface area contributed by atoms with E-state index in [1.165, 1.54) is 11.3 Å². The molecule has 0 amide bonds. The molecule has 0 fully saturated rings. The van der Waals surface area contributed by atoms with Crippen LogP contribution in [0.3, 0.4) is 0 Å². The van der Waals surface area contributed by atoms with Gasteiger partial charge in [-0.15, -0.1) is 0 Å². The van der Waals surface area contributed by atoms with E-state index in [9.17, 15) is 4.79 Å². The number of benzene rings is 1. The third kappa shape index (κ3) is 1.11. The highest BCUT2D eigenvalue weighted by Crippen LogP contribution is 2.46. The van der Waals surface area contributed by atoms with Crippen molar-refractivity contribution in [3.63, 3.8) is 0 Å². The topological polar surface area (TPSA) is 43.1 Å². The Hall–Kier alpha value is -1.03. The lowest BCUT2D eigenvalue weighted by atomic mass is 10.1. The molecule has 1 heterocycles. The molecule has 2 aromatic rings. The summed E-state index contributed by atoms with van der Waals surface area (Å²) in [5.74, 6) is -0.0673. The first-order chi connectivity index (χ1) is 7.61. The summed E-state index contributed by atoms with van der Waals surface area (Å²) in [5.41, 5.74) is 8.95. The van der Waals surface area contributed by atoms with Crippen molar-refractivity contribution >= 4 is 46.0 Å². The van der Waals surface area contributed by atoms with Crippen molar-refractivity contribution in [2.45, 2.75) is 0 Å². The molecule has 16 heavy (non-hydrogen) atoms. The van der Waals surface area contributed by atoms with E-state index in [4.69, 9.17) is 28.9 Å². The molecule has 0 saturated heterocycles. The molecule has 0 unspecified atom stereocenters. The van der Waals surface area contributed by atoms with Gasteiger partial charge in [0.2, 0.25) is 0 Å². The standard InChI is InChI=1S/C11H5Cl2NOS/c12-7-1-4-5-2-16-3-6(5)11(15)8(4)10(14)9(7)13/h1-3H,14H2. The molecule has 3 rings (SSSR count). The van der Waals surface area contributed by atoms with Crippen molar-refractivity contribution < 1.29 is 4.79 Å². The Morgan fingerprint density at radius 2 is 1.81 bits per heavy atom. The summed E-state index contributed by atoms with van der Waals surface area (Å²) in [6.45, 7) is 0. The normalized spacial score (nSPS) is 12.8. The maximum atomic E-state index is 12.1. The lowest BCUT2D eigenvalue weighted by molar-refractivity contribution is 0.104. The van der Waals surface area contributed by atoms with Crippen LogP contribution in [0.15, 0.2) is 16.8 Å². The number of thiophene rings is 1. The van der Waals surface area contributed by atoms with Crippen LogP contribution < -0.4 is 5.73 Å². The van der Waals surface area contributed by atoms with Crippen molar-refractivity contribution in [2.75, 3.05) is 5.73 Å². The Morgan fingerprint density at radius 1 is 1.12 bits per heavy atom. The molecule has 80 valence electrons. The molecular weight excluding hydrogens is 265 g/mol. The van der Waals surface area contributed by atoms with Crippen molar-refractivity contribution in [3.05, 3.63) is 38.0 Å². The third-order valence-corrected chi connectivity index (χ3v) is 4.23. The molecule has 2 nitrogen and oxygen atoms in total. The molecule has 0 atom stereocenters. The van der Waals surface area contributed by atoms with Gasteiger partial charge in [0.1, 0.15) is 0 Å². The number of halogens is 2. The van der Waals surface area contributed by atoms with Crippen LogP contribution in [-0.4, -0.2) is 5.78 Å². The Labute approximate surface area is 106 Å². The van der Waals surface area contributed by atoms with Crippen LogP contribution in [0.1, 0.15) is 15.9 Å². The lowest BCUT2D eigenvalue weighted by Gasteiger charge is -2.07. The summed E-state index contributed by atoms with van der Waals surface area (Å²) >= 11 is 13.4. The smallest absolute Gasteiger partial charge is 0.197 e. The van der Waals surface area contributed by atoms with Gasteiger partial charge in [0.25, 0.3) is 0 Å². The van der Waals surface area contributed by atoms with E-state index in [2.05, 4.69) is 0 Å². The van der Waals surface area contributed by atoms with Gasteiger partial charge in [0, 0.05) is 16.5 Å². The minimum atomic E-state index is -0.0673. The molecule has 0 bridgehead atoms. The second-order valence-electron chi connectivity index (χ2n) is 3.54. The van der Waals surface area contributed by atoms with Gasteiger partial charge in [0.05, 0.1) is 21.3 Å². The molecule has 1 aliphatic rings. The largest absolute Gasteiger partial charge is 0.397 e. The fourth-order valence-electron chi connectivity index (χ4n) is 1.92. The number of hydrogen-bond acceptors (Lipinski definition) is 3. The van der Waals surface area contributed by atoms with Crippen LogP contribution >= 0.6 is 34.5 Å². The molecule has 1 aromatic carbocycles. The first kappa shape index (κ1) is 10.1. The van der Waals surface area contributed by atoms with Gasteiger partial charge >= 0.3 is 0 Å². The SMILES string of the molecule is Nc1c(Cl)c(Cl)cc2c1C(=O)c1cscc1-2. The summed E-state index contributed by atoms with van der Waals surface area (Å²) in [5, 5.41) is 4.37. The summed E-state index contributed by atoms with van der Waals surface area (Å²) in [6, 6.07) is 1.70. The minimum Gasteiger partial charge on any atom is -0.397 e. The molecule has 0 saturated carbocycles. The van der Waals surface area contributed by atoms with Crippen molar-refractivity contribution in [2.24, 2.45) is 0 Å². The lowest BCUT2D eigenvalue weighted by Crippen LogP contribution is -2.01. The van der Waals surface area contributed by atoms with Crippen LogP contribution in [-0.2, 0) is 0 Å². The molecule has 0 aliphatic heterocycles. The first-order valence-corrected chi connectivity index (χ1v) is 6.20. The van der Waals surface area contributed by atoms with Gasteiger partial charge in [-0.05, 0) is 17.0 Å². The number of ketones is 1. The highest BCUT2D eigenvalue weighted by atomic mass is 35.5. The number of rotatable bonds is 0. The predicted octanol–water partition coefficient (Wildman–Crippen LogP) is 3.85. The predicted molar refractivity (Wildman–Crippen MR) is 67.6 cm³/mol. The Kier molecular flexibility index (Phi) is 2.05. The maximum Gasteiger partial charge on any atom is 0.197 e. The van der Waals surface area contributed by atoms with E-state index >= 15 is 0 Å². The Morgan fingerprint density at radius 3 is 2.56 bits per heavy atom. The minimum absolute atomic E-state index is 0.0673. The fraction of sp³-hybridized carbons (Fsp3) is 0. The summed E-state index contributed by atoms with van der Waals surface area (Å²) in [4.78, 5) is 12.1. The van der Waals surface area contributed by atoms with Crippen molar-refractivity contribution in [1.82, 2.24) is 0 Å². The van der Waals surface area contributed by atoms with Gasteiger partial charge in [0.15, 0.2) is 5.78 Å². The number of nitrogens with two attached hydrogens (primary N) is 1. The molecule has 2 N–H and O–H groups in total. The maximum absolute atomic E-state index is 12.1. The number of fused-ring (bicyclic) bond motifs is 3. The fourth-order valence-corrected chi connectivity index (χ4v) is 3.11. The van der Waals surface area contributed by atoms with Gasteiger partial charge in [-0.25, -0.2) is 0 Å². The molecule has 0 spiro atoms. The van der Waals surface area contributed by atoms with Gasteiger partial charge < -0.3 is 5.73 Å². The monoisotopic (exact) mass is 269 g/mol. The Balaban J connectivity index is 2.44. The third-order valence-electron chi connectivity index (χ3n) is 2.68. The average molecular weight is 270 g/mol. The van der Waals surface area contributed by atoms with E-state index < -0.39 is 0 Å². The summed E-state index contributed by atoms with van der Waals surface area (Å²) in [7, 11) is 0. The second-order valence-corrected chi connectivity index (χ2v) is 5.07. The molecule has 1 aromatic heterocycles. The number of carbonyl (C=O) groups excluding carboxylic acids is 1. The average Bonchev–Trinajstić information content (AvgIpc) is 2.80. The van der Waals surface area contributed by atoms with Gasteiger partial charge in [-0.3, -0.25) is 4.79 Å². The number of nitrogen functional groups attached to an aromatic ring is 1. The first-order valence-electron chi connectivity index (χ1n) is 4.50. The van der Waals surface area contributed by atoms with E-state index in [0.717, 1.165) is 11.1 Å². The molecular formula is C11H5Cl2NOS. The van der Waals surface area contributed by atoms with Crippen molar-refractivity contribution in [3.8, 4) is 11.1 Å². The van der Waals surface area contributed by atoms with Crippen molar-refractivity contribution in [1.29, 1.82) is 0 Å². The zero-order valence-corrected chi connectivity index (χ0v) is 10.2. The van der Waals surface area contributed by atoms with Crippen LogP contribution in [0.5, 0.6) is 0 Å². The highest BCUT2D eigenvalue weighted by molar-refractivity contribution is 7.08. The molecule has 5 heteroatoms. The Bertz CT molecular complexity index is 633. The zero-order valence-electron chi connectivity index (χ0n) is 7.88.